The number of likely N-dealkylation sites (N-methyl/N-ethyl adjacent to an activating group) is 1. The first-order valence-corrected chi connectivity index (χ1v) is 2.37. The summed E-state index contributed by atoms with van der Waals surface area (Å²) in [4.78, 5) is 6.67. The van der Waals surface area contributed by atoms with Crippen LogP contribution in [0.4, 0.5) is 0 Å². The second-order valence-corrected chi connectivity index (χ2v) is 1.98. The van der Waals surface area contributed by atoms with Gasteiger partial charge in [0.1, 0.15) is 6.10 Å². The minimum atomic E-state index is 0.296. The van der Waals surface area contributed by atoms with Gasteiger partial charge >= 0.3 is 0 Å². The maximum atomic E-state index is 4.87. The zero-order valence-electron chi connectivity index (χ0n) is 4.42. The largest absolute Gasteiger partial charge is 0.301 e. The van der Waals surface area contributed by atoms with Crippen molar-refractivity contribution in [3.63, 3.8) is 0 Å². The molecule has 0 aliphatic carbocycles. The van der Waals surface area contributed by atoms with Gasteiger partial charge in [0.25, 0.3) is 0 Å². The first kappa shape index (κ1) is 5.03. The smallest absolute Gasteiger partial charge is 0.104 e. The Bertz CT molecular complexity index is 60.7. The van der Waals surface area contributed by atoms with Gasteiger partial charge < -0.3 is 4.90 Å². The van der Waals surface area contributed by atoms with Crippen molar-refractivity contribution in [3.8, 4) is 0 Å². The normalized spacial score (nSPS) is 24.9. The van der Waals surface area contributed by atoms with E-state index in [4.69, 9.17) is 5.90 Å². The van der Waals surface area contributed by atoms with Gasteiger partial charge in [0, 0.05) is 13.1 Å². The Labute approximate surface area is 43.0 Å². The lowest BCUT2D eigenvalue weighted by atomic mass is 10.2. The molecular formula is C4H10N2O. The molecule has 3 nitrogen and oxygen atoms in total. The summed E-state index contributed by atoms with van der Waals surface area (Å²) < 4.78 is 0. The van der Waals surface area contributed by atoms with E-state index < -0.39 is 0 Å². The summed E-state index contributed by atoms with van der Waals surface area (Å²) in [6.07, 6.45) is 0.296. The van der Waals surface area contributed by atoms with Crippen LogP contribution < -0.4 is 5.90 Å². The molecular weight excluding hydrogens is 92.1 g/mol. The fourth-order valence-electron chi connectivity index (χ4n) is 0.728. The van der Waals surface area contributed by atoms with Crippen molar-refractivity contribution < 1.29 is 4.84 Å². The number of nitrogens with two attached hydrogens (primary N) is 1. The van der Waals surface area contributed by atoms with E-state index in [0.717, 1.165) is 13.1 Å². The third-order valence-electron chi connectivity index (χ3n) is 1.22. The molecule has 0 amide bonds. The van der Waals surface area contributed by atoms with Gasteiger partial charge in [-0.05, 0) is 7.05 Å². The second-order valence-electron chi connectivity index (χ2n) is 1.98. The van der Waals surface area contributed by atoms with Crippen LogP contribution in [0.3, 0.4) is 0 Å². The first-order valence-electron chi connectivity index (χ1n) is 2.37. The van der Waals surface area contributed by atoms with Gasteiger partial charge in [-0.1, -0.05) is 0 Å². The molecule has 7 heavy (non-hydrogen) atoms. The molecule has 0 saturated carbocycles. The Hall–Kier alpha value is -0.120. The predicted octanol–water partition coefficient (Wildman–Crippen LogP) is -0.809. The molecule has 0 unspecified atom stereocenters. The molecule has 3 heteroatoms. The van der Waals surface area contributed by atoms with E-state index >= 15 is 0 Å². The van der Waals surface area contributed by atoms with E-state index in [2.05, 4.69) is 9.74 Å². The lowest BCUT2D eigenvalue weighted by Crippen LogP contribution is -2.50. The summed E-state index contributed by atoms with van der Waals surface area (Å²) in [6.45, 7) is 1.97. The molecule has 1 heterocycles. The summed E-state index contributed by atoms with van der Waals surface area (Å²) in [5.74, 6) is 4.87. The number of hydrogen-bond donors (Lipinski definition) is 1. The lowest BCUT2D eigenvalue weighted by Gasteiger charge is -2.33. The number of rotatable bonds is 1. The summed E-state index contributed by atoms with van der Waals surface area (Å²) in [7, 11) is 2.04. The average molecular weight is 102 g/mol. The average Bonchev–Trinajstić information content (AvgIpc) is 1.58. The highest BCUT2D eigenvalue weighted by Gasteiger charge is 2.22. The van der Waals surface area contributed by atoms with E-state index in [1.807, 2.05) is 7.05 Å². The van der Waals surface area contributed by atoms with Crippen molar-refractivity contribution in [2.45, 2.75) is 6.10 Å². The van der Waals surface area contributed by atoms with Crippen molar-refractivity contribution in [1.29, 1.82) is 0 Å². The van der Waals surface area contributed by atoms with Crippen LogP contribution in [-0.2, 0) is 4.84 Å². The van der Waals surface area contributed by atoms with E-state index in [1.165, 1.54) is 0 Å². The maximum absolute atomic E-state index is 4.87. The Kier molecular flexibility index (Phi) is 1.27. The fraction of sp³-hybridized carbons (Fsp3) is 1.00. The van der Waals surface area contributed by atoms with Crippen molar-refractivity contribution in [3.05, 3.63) is 0 Å². The molecule has 0 bridgehead atoms. The summed E-state index contributed by atoms with van der Waals surface area (Å²) >= 11 is 0. The van der Waals surface area contributed by atoms with Crippen molar-refractivity contribution in [2.75, 3.05) is 20.1 Å². The van der Waals surface area contributed by atoms with Crippen LogP contribution in [0.15, 0.2) is 0 Å². The van der Waals surface area contributed by atoms with Gasteiger partial charge in [-0.3, -0.25) is 4.84 Å². The highest BCUT2D eigenvalue weighted by molar-refractivity contribution is 4.75. The molecule has 0 aromatic rings. The monoisotopic (exact) mass is 102 g/mol. The minimum Gasteiger partial charge on any atom is -0.301 e. The molecule has 1 rings (SSSR count). The third-order valence-corrected chi connectivity index (χ3v) is 1.22. The molecule has 0 aromatic heterocycles. The van der Waals surface area contributed by atoms with Crippen LogP contribution >= 0.6 is 0 Å². The fourth-order valence-corrected chi connectivity index (χ4v) is 0.728. The van der Waals surface area contributed by atoms with E-state index in [-0.39, 0.29) is 0 Å². The molecule has 2 N–H and O–H groups in total. The van der Waals surface area contributed by atoms with Gasteiger partial charge in [0.05, 0.1) is 0 Å². The zero-order valence-corrected chi connectivity index (χ0v) is 4.42. The Morgan fingerprint density at radius 1 is 1.71 bits per heavy atom. The summed E-state index contributed by atoms with van der Waals surface area (Å²) in [6, 6.07) is 0. The van der Waals surface area contributed by atoms with Gasteiger partial charge in [-0.25, -0.2) is 5.90 Å². The summed E-state index contributed by atoms with van der Waals surface area (Å²) in [5.41, 5.74) is 0. The number of nitrogens with zero attached hydrogens (tertiary/aromatic N) is 1. The molecule has 0 aromatic carbocycles. The van der Waals surface area contributed by atoms with Crippen molar-refractivity contribution in [1.82, 2.24) is 4.90 Å². The standard InChI is InChI=1S/C4H10N2O/c1-6-2-4(3-6)7-5/h4H,2-3,5H2,1H3. The van der Waals surface area contributed by atoms with Crippen LogP contribution in [-0.4, -0.2) is 31.1 Å². The molecule has 0 atom stereocenters. The van der Waals surface area contributed by atoms with E-state index in [1.54, 1.807) is 0 Å². The van der Waals surface area contributed by atoms with Gasteiger partial charge in [-0.15, -0.1) is 0 Å². The molecule has 1 fully saturated rings. The van der Waals surface area contributed by atoms with E-state index in [0.29, 0.717) is 6.10 Å². The Balaban J connectivity index is 2.06. The third kappa shape index (κ3) is 0.907. The predicted molar refractivity (Wildman–Crippen MR) is 26.6 cm³/mol. The van der Waals surface area contributed by atoms with Crippen LogP contribution in [0.1, 0.15) is 0 Å². The molecule has 1 saturated heterocycles. The molecule has 0 radical (unpaired) electrons. The maximum Gasteiger partial charge on any atom is 0.104 e. The Morgan fingerprint density at radius 2 is 2.29 bits per heavy atom. The first-order chi connectivity index (χ1) is 3.33. The highest BCUT2D eigenvalue weighted by atomic mass is 16.6. The van der Waals surface area contributed by atoms with Crippen molar-refractivity contribution in [2.24, 2.45) is 5.90 Å². The van der Waals surface area contributed by atoms with Gasteiger partial charge in [0.15, 0.2) is 0 Å². The highest BCUT2D eigenvalue weighted by Crippen LogP contribution is 2.04. The van der Waals surface area contributed by atoms with Crippen LogP contribution in [0.25, 0.3) is 0 Å². The quantitative estimate of drug-likeness (QED) is 0.440. The number of hydrogen-bond acceptors (Lipinski definition) is 3. The zero-order chi connectivity index (χ0) is 5.28. The summed E-state index contributed by atoms with van der Waals surface area (Å²) in [5, 5.41) is 0. The van der Waals surface area contributed by atoms with Gasteiger partial charge in [0.2, 0.25) is 0 Å². The van der Waals surface area contributed by atoms with Crippen LogP contribution in [0.2, 0.25) is 0 Å². The minimum absolute atomic E-state index is 0.296. The van der Waals surface area contributed by atoms with Crippen LogP contribution in [0, 0.1) is 0 Å². The SMILES string of the molecule is CN1CC(ON)C1. The number of likely N-dealkylation sites (tertiary alicyclic amines) is 1. The molecule has 1 aliphatic rings. The molecule has 1 aliphatic heterocycles. The van der Waals surface area contributed by atoms with Crippen molar-refractivity contribution >= 4 is 0 Å². The van der Waals surface area contributed by atoms with Gasteiger partial charge in [-0.2, -0.15) is 0 Å². The topological polar surface area (TPSA) is 38.5 Å². The lowest BCUT2D eigenvalue weighted by molar-refractivity contribution is -0.0447. The Morgan fingerprint density at radius 3 is 2.43 bits per heavy atom. The second kappa shape index (κ2) is 1.78. The van der Waals surface area contributed by atoms with E-state index in [9.17, 15) is 0 Å². The molecule has 42 valence electrons. The van der Waals surface area contributed by atoms with Crippen LogP contribution in [0.5, 0.6) is 0 Å². The molecule has 0 spiro atoms.